The van der Waals surface area contributed by atoms with Crippen LogP contribution in [0.4, 0.5) is 10.8 Å². The summed E-state index contributed by atoms with van der Waals surface area (Å²) in [6, 6.07) is 5.49. The monoisotopic (exact) mass is 406 g/mol. The Kier molecular flexibility index (Phi) is 6.44. The van der Waals surface area contributed by atoms with Crippen LogP contribution < -0.4 is 10.2 Å². The molecule has 0 radical (unpaired) electrons. The lowest BCUT2D eigenvalue weighted by atomic mass is 10.1. The summed E-state index contributed by atoms with van der Waals surface area (Å²) in [6.07, 6.45) is 4.44. The molecule has 27 heavy (non-hydrogen) atoms. The highest BCUT2D eigenvalue weighted by Crippen LogP contribution is 2.29. The Bertz CT molecular complexity index is 839. The minimum atomic E-state index is -0.412. The molecule has 1 aliphatic rings. The molecule has 1 aromatic heterocycles. The Morgan fingerprint density at radius 3 is 2.93 bits per heavy atom. The molecule has 6 nitrogen and oxygen atoms in total. The van der Waals surface area contributed by atoms with Crippen LogP contribution in [0.25, 0.3) is 0 Å². The number of carbonyl (C=O) groups is 2. The predicted octanol–water partition coefficient (Wildman–Crippen LogP) is 4.22. The SMILES string of the molecule is CCCCCc1nnc(NC(=O)C2CC(=O)N(c3ccc(C)c(Cl)c3)C2)s1. The van der Waals surface area contributed by atoms with Gasteiger partial charge in [-0.2, -0.15) is 0 Å². The number of halogens is 1. The normalized spacial score (nSPS) is 16.8. The summed E-state index contributed by atoms with van der Waals surface area (Å²) in [5, 5.41) is 13.0. The van der Waals surface area contributed by atoms with Crippen molar-refractivity contribution in [2.24, 2.45) is 5.92 Å². The molecular weight excluding hydrogens is 384 g/mol. The summed E-state index contributed by atoms with van der Waals surface area (Å²) >= 11 is 7.56. The van der Waals surface area contributed by atoms with E-state index < -0.39 is 5.92 Å². The number of hydrogen-bond acceptors (Lipinski definition) is 5. The van der Waals surface area contributed by atoms with Crippen LogP contribution in [0.3, 0.4) is 0 Å². The van der Waals surface area contributed by atoms with E-state index in [4.69, 9.17) is 11.6 Å². The minimum Gasteiger partial charge on any atom is -0.312 e. The largest absolute Gasteiger partial charge is 0.312 e. The summed E-state index contributed by atoms with van der Waals surface area (Å²) in [5.41, 5.74) is 1.67. The van der Waals surface area contributed by atoms with Gasteiger partial charge in [-0.1, -0.05) is 48.8 Å². The first-order valence-corrected chi connectivity index (χ1v) is 10.4. The second-order valence-electron chi connectivity index (χ2n) is 6.79. The number of nitrogens with one attached hydrogen (secondary N) is 1. The van der Waals surface area contributed by atoms with E-state index in [0.29, 0.717) is 16.7 Å². The first-order chi connectivity index (χ1) is 13.0. The fraction of sp³-hybridized carbons (Fsp3) is 0.474. The van der Waals surface area contributed by atoms with Crippen LogP contribution in [0.15, 0.2) is 18.2 Å². The van der Waals surface area contributed by atoms with Gasteiger partial charge < -0.3 is 10.2 Å². The molecule has 1 saturated heterocycles. The third-order valence-corrected chi connectivity index (χ3v) is 5.96. The molecule has 2 aromatic rings. The maximum atomic E-state index is 12.6. The Morgan fingerprint density at radius 1 is 1.37 bits per heavy atom. The zero-order chi connectivity index (χ0) is 19.4. The third-order valence-electron chi connectivity index (χ3n) is 4.65. The minimum absolute atomic E-state index is 0.0763. The molecule has 2 heterocycles. The van der Waals surface area contributed by atoms with Gasteiger partial charge in [-0.3, -0.25) is 9.59 Å². The zero-order valence-corrected chi connectivity index (χ0v) is 17.1. The molecule has 1 N–H and O–H groups in total. The fourth-order valence-corrected chi connectivity index (χ4v) is 3.98. The van der Waals surface area contributed by atoms with Gasteiger partial charge in [0.1, 0.15) is 5.01 Å². The molecular formula is C19H23ClN4O2S. The lowest BCUT2D eigenvalue weighted by molar-refractivity contribution is -0.122. The van der Waals surface area contributed by atoms with E-state index in [9.17, 15) is 9.59 Å². The van der Waals surface area contributed by atoms with Gasteiger partial charge in [-0.15, -0.1) is 10.2 Å². The molecule has 0 saturated carbocycles. The maximum Gasteiger partial charge on any atom is 0.231 e. The standard InChI is InChI=1S/C19H23ClN4O2S/c1-3-4-5-6-16-22-23-19(27-16)21-18(26)13-9-17(25)24(11-13)14-8-7-12(2)15(20)10-14/h7-8,10,13H,3-6,9,11H2,1-2H3,(H,21,23,26). The Balaban J connectivity index is 1.59. The smallest absolute Gasteiger partial charge is 0.231 e. The van der Waals surface area contributed by atoms with E-state index >= 15 is 0 Å². The maximum absolute atomic E-state index is 12.6. The van der Waals surface area contributed by atoms with E-state index in [0.717, 1.165) is 41.9 Å². The number of carbonyl (C=O) groups excluding carboxylic acids is 2. The first kappa shape index (κ1) is 19.8. The van der Waals surface area contributed by atoms with Crippen molar-refractivity contribution in [3.05, 3.63) is 33.8 Å². The van der Waals surface area contributed by atoms with E-state index in [-0.39, 0.29) is 18.2 Å². The number of aromatic nitrogens is 2. The molecule has 144 valence electrons. The second kappa shape index (κ2) is 8.80. The molecule has 1 unspecified atom stereocenters. The van der Waals surface area contributed by atoms with Gasteiger partial charge in [0.25, 0.3) is 0 Å². The van der Waals surface area contributed by atoms with Crippen molar-refractivity contribution >= 4 is 45.6 Å². The Morgan fingerprint density at radius 2 is 2.19 bits per heavy atom. The van der Waals surface area contributed by atoms with Crippen molar-refractivity contribution in [1.29, 1.82) is 0 Å². The predicted molar refractivity (Wildman–Crippen MR) is 108 cm³/mol. The van der Waals surface area contributed by atoms with Crippen molar-refractivity contribution in [3.8, 4) is 0 Å². The second-order valence-corrected chi connectivity index (χ2v) is 8.26. The molecule has 1 aromatic carbocycles. The highest BCUT2D eigenvalue weighted by atomic mass is 35.5. The molecule has 1 fully saturated rings. The quantitative estimate of drug-likeness (QED) is 0.698. The number of rotatable bonds is 7. The topological polar surface area (TPSA) is 75.2 Å². The fourth-order valence-electron chi connectivity index (χ4n) is 3.02. The van der Waals surface area contributed by atoms with Gasteiger partial charge in [0.15, 0.2) is 0 Å². The van der Waals surface area contributed by atoms with E-state index in [1.165, 1.54) is 11.3 Å². The number of aryl methyl sites for hydroxylation is 2. The summed E-state index contributed by atoms with van der Waals surface area (Å²) in [7, 11) is 0. The average Bonchev–Trinajstić information content (AvgIpc) is 3.24. The van der Waals surface area contributed by atoms with Crippen molar-refractivity contribution in [3.63, 3.8) is 0 Å². The number of hydrogen-bond donors (Lipinski definition) is 1. The van der Waals surface area contributed by atoms with Gasteiger partial charge in [0.2, 0.25) is 16.9 Å². The highest BCUT2D eigenvalue weighted by molar-refractivity contribution is 7.15. The summed E-state index contributed by atoms with van der Waals surface area (Å²) < 4.78 is 0. The van der Waals surface area contributed by atoms with Crippen LogP contribution in [-0.2, 0) is 16.0 Å². The van der Waals surface area contributed by atoms with E-state index in [2.05, 4.69) is 22.4 Å². The van der Waals surface area contributed by atoms with Crippen molar-refractivity contribution in [1.82, 2.24) is 10.2 Å². The van der Waals surface area contributed by atoms with Crippen LogP contribution >= 0.6 is 22.9 Å². The third kappa shape index (κ3) is 4.84. The number of benzene rings is 1. The molecule has 8 heteroatoms. The molecule has 1 aliphatic heterocycles. The molecule has 0 spiro atoms. The van der Waals surface area contributed by atoms with Crippen LogP contribution in [0.1, 0.15) is 43.2 Å². The van der Waals surface area contributed by atoms with Crippen molar-refractivity contribution < 1.29 is 9.59 Å². The van der Waals surface area contributed by atoms with Gasteiger partial charge in [0.05, 0.1) is 5.92 Å². The van der Waals surface area contributed by atoms with Crippen molar-refractivity contribution in [2.45, 2.75) is 46.0 Å². The zero-order valence-electron chi connectivity index (χ0n) is 15.5. The number of nitrogens with zero attached hydrogens (tertiary/aromatic N) is 3. The van der Waals surface area contributed by atoms with Crippen LogP contribution in [0.2, 0.25) is 5.02 Å². The highest BCUT2D eigenvalue weighted by Gasteiger charge is 2.35. The lowest BCUT2D eigenvalue weighted by Gasteiger charge is -2.17. The lowest BCUT2D eigenvalue weighted by Crippen LogP contribution is -2.28. The van der Waals surface area contributed by atoms with Gasteiger partial charge >= 0.3 is 0 Å². The van der Waals surface area contributed by atoms with Gasteiger partial charge in [-0.25, -0.2) is 0 Å². The summed E-state index contributed by atoms with van der Waals surface area (Å²) in [4.78, 5) is 26.5. The van der Waals surface area contributed by atoms with Gasteiger partial charge in [-0.05, 0) is 31.0 Å². The molecule has 3 rings (SSSR count). The number of anilines is 2. The van der Waals surface area contributed by atoms with Crippen LogP contribution in [0, 0.1) is 12.8 Å². The van der Waals surface area contributed by atoms with Crippen molar-refractivity contribution in [2.75, 3.05) is 16.8 Å². The molecule has 0 aliphatic carbocycles. The summed E-state index contributed by atoms with van der Waals surface area (Å²) in [6.45, 7) is 4.40. The summed E-state index contributed by atoms with van der Waals surface area (Å²) in [5.74, 6) is -0.682. The van der Waals surface area contributed by atoms with Crippen LogP contribution in [-0.4, -0.2) is 28.6 Å². The van der Waals surface area contributed by atoms with E-state index in [1.54, 1.807) is 11.0 Å². The number of unbranched alkanes of at least 4 members (excludes halogenated alkanes) is 2. The first-order valence-electron chi connectivity index (χ1n) is 9.17. The number of amides is 2. The Hall–Kier alpha value is -1.99. The molecule has 2 amide bonds. The van der Waals surface area contributed by atoms with Gasteiger partial charge in [0, 0.05) is 30.1 Å². The molecule has 0 bridgehead atoms. The molecule has 1 atom stereocenters. The Labute approximate surface area is 167 Å². The average molecular weight is 407 g/mol. The van der Waals surface area contributed by atoms with Crippen LogP contribution in [0.5, 0.6) is 0 Å². The van der Waals surface area contributed by atoms with E-state index in [1.807, 2.05) is 19.1 Å².